The van der Waals surface area contributed by atoms with E-state index in [0.717, 1.165) is 37.6 Å². The first-order chi connectivity index (χ1) is 11.1. The normalized spacial score (nSPS) is 15.5. The number of carbonyl (C=O) groups is 1. The fraction of sp³-hybridized carbons (Fsp3) is 0.333. The van der Waals surface area contributed by atoms with Crippen molar-refractivity contribution in [1.82, 2.24) is 14.8 Å². The summed E-state index contributed by atoms with van der Waals surface area (Å²) in [6.45, 7) is 5.39. The van der Waals surface area contributed by atoms with Gasteiger partial charge >= 0.3 is 0 Å². The van der Waals surface area contributed by atoms with Crippen LogP contribution in [0.15, 0.2) is 42.6 Å². The fourth-order valence-corrected chi connectivity index (χ4v) is 2.60. The van der Waals surface area contributed by atoms with Gasteiger partial charge in [0, 0.05) is 43.8 Å². The molecule has 120 valence electrons. The zero-order valence-corrected chi connectivity index (χ0v) is 13.6. The molecular weight excluding hydrogens is 288 g/mol. The van der Waals surface area contributed by atoms with Crippen molar-refractivity contribution in [2.45, 2.75) is 6.92 Å². The molecule has 0 atom stereocenters. The predicted octanol–water partition coefficient (Wildman–Crippen LogP) is 2.52. The molecule has 2 aromatic rings. The van der Waals surface area contributed by atoms with Gasteiger partial charge in [0.15, 0.2) is 0 Å². The maximum atomic E-state index is 12.6. The molecule has 0 unspecified atom stereocenters. The van der Waals surface area contributed by atoms with Gasteiger partial charge < -0.3 is 15.1 Å². The number of benzene rings is 1. The van der Waals surface area contributed by atoms with Gasteiger partial charge in [-0.15, -0.1) is 0 Å². The van der Waals surface area contributed by atoms with Crippen molar-refractivity contribution in [2.75, 3.05) is 38.5 Å². The van der Waals surface area contributed by atoms with Crippen molar-refractivity contribution in [3.8, 4) is 0 Å². The minimum atomic E-state index is 0.00524. The summed E-state index contributed by atoms with van der Waals surface area (Å²) in [6, 6.07) is 11.9. The lowest BCUT2D eigenvalue weighted by Crippen LogP contribution is -2.47. The zero-order chi connectivity index (χ0) is 16.2. The van der Waals surface area contributed by atoms with Crippen LogP contribution in [0.1, 0.15) is 16.1 Å². The topological polar surface area (TPSA) is 48.5 Å². The summed E-state index contributed by atoms with van der Waals surface area (Å²) in [4.78, 5) is 20.9. The highest BCUT2D eigenvalue weighted by atomic mass is 16.2. The number of anilines is 2. The Kier molecular flexibility index (Phi) is 4.57. The summed E-state index contributed by atoms with van der Waals surface area (Å²) in [5.41, 5.74) is 3.59. The standard InChI is InChI=1S/C18H22N4O/c1-14-3-5-15(6-4-14)20-16-7-8-19-17(13-16)18(23)22-11-9-21(2)10-12-22/h3-8,13H,9-12H2,1-2H3,(H,19,20). The van der Waals surface area contributed by atoms with Crippen LogP contribution in [0.25, 0.3) is 0 Å². The van der Waals surface area contributed by atoms with Gasteiger partial charge in [-0.3, -0.25) is 9.78 Å². The third kappa shape index (κ3) is 3.87. The molecule has 0 bridgehead atoms. The fourth-order valence-electron chi connectivity index (χ4n) is 2.60. The molecule has 1 aliphatic heterocycles. The van der Waals surface area contributed by atoms with E-state index >= 15 is 0 Å². The van der Waals surface area contributed by atoms with Gasteiger partial charge in [-0.1, -0.05) is 17.7 Å². The van der Waals surface area contributed by atoms with E-state index in [0.29, 0.717) is 5.69 Å². The van der Waals surface area contributed by atoms with Crippen LogP contribution in [0.5, 0.6) is 0 Å². The summed E-state index contributed by atoms with van der Waals surface area (Å²) in [7, 11) is 2.08. The van der Waals surface area contributed by atoms with Gasteiger partial charge in [-0.2, -0.15) is 0 Å². The molecule has 2 heterocycles. The van der Waals surface area contributed by atoms with Crippen LogP contribution in [0.2, 0.25) is 0 Å². The second-order valence-electron chi connectivity index (χ2n) is 6.02. The summed E-state index contributed by atoms with van der Waals surface area (Å²) in [5, 5.41) is 3.32. The van der Waals surface area contributed by atoms with E-state index in [2.05, 4.69) is 41.3 Å². The molecule has 1 saturated heterocycles. The molecule has 1 amide bonds. The molecule has 1 N–H and O–H groups in total. The molecule has 0 aliphatic carbocycles. The lowest BCUT2D eigenvalue weighted by atomic mass is 10.2. The highest BCUT2D eigenvalue weighted by molar-refractivity contribution is 5.93. The minimum absolute atomic E-state index is 0.00524. The number of hydrogen-bond donors (Lipinski definition) is 1. The van der Waals surface area contributed by atoms with E-state index in [1.165, 1.54) is 5.56 Å². The van der Waals surface area contributed by atoms with E-state index in [-0.39, 0.29) is 5.91 Å². The Morgan fingerprint density at radius 3 is 2.43 bits per heavy atom. The van der Waals surface area contributed by atoms with E-state index in [9.17, 15) is 4.79 Å². The first-order valence-electron chi connectivity index (χ1n) is 7.89. The maximum absolute atomic E-state index is 12.6. The largest absolute Gasteiger partial charge is 0.355 e. The molecule has 1 aliphatic rings. The Morgan fingerprint density at radius 1 is 1.04 bits per heavy atom. The second kappa shape index (κ2) is 6.79. The molecule has 1 aromatic heterocycles. The Balaban J connectivity index is 1.71. The van der Waals surface area contributed by atoms with Gasteiger partial charge in [-0.25, -0.2) is 0 Å². The predicted molar refractivity (Wildman–Crippen MR) is 92.1 cm³/mol. The van der Waals surface area contributed by atoms with E-state index in [1.54, 1.807) is 6.20 Å². The van der Waals surface area contributed by atoms with Crippen molar-refractivity contribution in [2.24, 2.45) is 0 Å². The minimum Gasteiger partial charge on any atom is -0.355 e. The third-order valence-electron chi connectivity index (χ3n) is 4.11. The van der Waals surface area contributed by atoms with Crippen LogP contribution in [0.4, 0.5) is 11.4 Å². The Bertz CT molecular complexity index is 676. The average Bonchev–Trinajstić information content (AvgIpc) is 2.57. The van der Waals surface area contributed by atoms with E-state index in [1.807, 2.05) is 29.2 Å². The van der Waals surface area contributed by atoms with Crippen molar-refractivity contribution in [1.29, 1.82) is 0 Å². The molecular formula is C18H22N4O. The molecule has 5 heteroatoms. The molecule has 3 rings (SSSR count). The van der Waals surface area contributed by atoms with Crippen LogP contribution in [0, 0.1) is 6.92 Å². The number of rotatable bonds is 3. The van der Waals surface area contributed by atoms with Gasteiger partial charge in [0.2, 0.25) is 0 Å². The summed E-state index contributed by atoms with van der Waals surface area (Å²) in [5.74, 6) is 0.00524. The molecule has 5 nitrogen and oxygen atoms in total. The van der Waals surface area contributed by atoms with Gasteiger partial charge in [0.25, 0.3) is 5.91 Å². The van der Waals surface area contributed by atoms with E-state index in [4.69, 9.17) is 0 Å². The highest BCUT2D eigenvalue weighted by Gasteiger charge is 2.21. The number of nitrogens with one attached hydrogen (secondary N) is 1. The number of aromatic nitrogens is 1. The first-order valence-corrected chi connectivity index (χ1v) is 7.89. The third-order valence-corrected chi connectivity index (χ3v) is 4.11. The van der Waals surface area contributed by atoms with Crippen LogP contribution < -0.4 is 5.32 Å². The molecule has 0 radical (unpaired) electrons. The molecule has 1 aromatic carbocycles. The Morgan fingerprint density at radius 2 is 1.74 bits per heavy atom. The molecule has 0 saturated carbocycles. The van der Waals surface area contributed by atoms with Crippen LogP contribution in [0.3, 0.4) is 0 Å². The zero-order valence-electron chi connectivity index (χ0n) is 13.6. The van der Waals surface area contributed by atoms with Crippen molar-refractivity contribution < 1.29 is 4.79 Å². The Hall–Kier alpha value is -2.40. The lowest BCUT2D eigenvalue weighted by molar-refractivity contribution is 0.0658. The number of hydrogen-bond acceptors (Lipinski definition) is 4. The van der Waals surface area contributed by atoms with Crippen LogP contribution in [-0.2, 0) is 0 Å². The summed E-state index contributed by atoms with van der Waals surface area (Å²) < 4.78 is 0. The number of likely N-dealkylation sites (N-methyl/N-ethyl adjacent to an activating group) is 1. The molecule has 0 spiro atoms. The number of carbonyl (C=O) groups excluding carboxylic acids is 1. The Labute approximate surface area is 136 Å². The first kappa shape index (κ1) is 15.5. The van der Waals surface area contributed by atoms with E-state index < -0.39 is 0 Å². The van der Waals surface area contributed by atoms with Gasteiger partial charge in [0.1, 0.15) is 5.69 Å². The average molecular weight is 310 g/mol. The highest BCUT2D eigenvalue weighted by Crippen LogP contribution is 2.18. The number of pyridine rings is 1. The number of aryl methyl sites for hydroxylation is 1. The van der Waals surface area contributed by atoms with Crippen LogP contribution in [-0.4, -0.2) is 53.9 Å². The lowest BCUT2D eigenvalue weighted by Gasteiger charge is -2.32. The van der Waals surface area contributed by atoms with Gasteiger partial charge in [-0.05, 0) is 38.2 Å². The second-order valence-corrected chi connectivity index (χ2v) is 6.02. The maximum Gasteiger partial charge on any atom is 0.272 e. The monoisotopic (exact) mass is 310 g/mol. The van der Waals surface area contributed by atoms with Crippen LogP contribution >= 0.6 is 0 Å². The van der Waals surface area contributed by atoms with Crippen molar-refractivity contribution >= 4 is 17.3 Å². The number of amides is 1. The number of nitrogens with zero attached hydrogens (tertiary/aromatic N) is 3. The molecule has 1 fully saturated rings. The summed E-state index contributed by atoms with van der Waals surface area (Å²) >= 11 is 0. The van der Waals surface area contributed by atoms with Gasteiger partial charge in [0.05, 0.1) is 0 Å². The van der Waals surface area contributed by atoms with Crippen molar-refractivity contribution in [3.05, 3.63) is 53.9 Å². The SMILES string of the molecule is Cc1ccc(Nc2ccnc(C(=O)N3CCN(C)CC3)c2)cc1. The number of piperazine rings is 1. The molecule has 23 heavy (non-hydrogen) atoms. The quantitative estimate of drug-likeness (QED) is 0.946. The summed E-state index contributed by atoms with van der Waals surface area (Å²) in [6.07, 6.45) is 1.68. The smallest absolute Gasteiger partial charge is 0.272 e. The van der Waals surface area contributed by atoms with Crippen molar-refractivity contribution in [3.63, 3.8) is 0 Å².